The molecule has 0 fully saturated rings. The second-order valence-corrected chi connectivity index (χ2v) is 32.4. The van der Waals surface area contributed by atoms with E-state index in [0.717, 1.165) is 114 Å². The van der Waals surface area contributed by atoms with E-state index in [9.17, 15) is 43.2 Å². The van der Waals surface area contributed by atoms with Crippen LogP contribution in [0, 0.1) is 23.7 Å². The highest BCUT2D eigenvalue weighted by Gasteiger charge is 2.30. The molecule has 0 radical (unpaired) electrons. The van der Waals surface area contributed by atoms with Crippen molar-refractivity contribution in [2.75, 3.05) is 39.6 Å². The summed E-state index contributed by atoms with van der Waals surface area (Å²) in [7, 11) is -9.91. The number of carbonyl (C=O) groups is 4. The number of phosphoric ester groups is 2. The Balaban J connectivity index is 5.16. The van der Waals surface area contributed by atoms with Crippen molar-refractivity contribution in [2.24, 2.45) is 23.7 Å². The molecule has 576 valence electrons. The second-order valence-electron chi connectivity index (χ2n) is 29.5. The molecule has 0 aliphatic rings. The molecule has 0 rings (SSSR count). The van der Waals surface area contributed by atoms with Crippen LogP contribution in [-0.4, -0.2) is 96.7 Å². The Hall–Kier alpha value is -1.94. The Labute approximate surface area is 594 Å². The molecule has 0 aliphatic heterocycles. The van der Waals surface area contributed by atoms with Gasteiger partial charge >= 0.3 is 39.5 Å². The summed E-state index contributed by atoms with van der Waals surface area (Å²) in [5.41, 5.74) is 0. The predicted octanol–water partition coefficient (Wildman–Crippen LogP) is 22.8. The van der Waals surface area contributed by atoms with Gasteiger partial charge in [0.25, 0.3) is 0 Å². The van der Waals surface area contributed by atoms with E-state index < -0.39 is 97.5 Å². The van der Waals surface area contributed by atoms with Crippen molar-refractivity contribution < 1.29 is 80.2 Å². The molecular formula is C78H152O17P2. The number of phosphoric acid groups is 2. The molecule has 4 unspecified atom stereocenters. The van der Waals surface area contributed by atoms with E-state index in [-0.39, 0.29) is 25.7 Å². The lowest BCUT2D eigenvalue weighted by atomic mass is 9.99. The molecule has 0 saturated heterocycles. The molecule has 0 spiro atoms. The van der Waals surface area contributed by atoms with Crippen molar-refractivity contribution in [2.45, 2.75) is 414 Å². The number of esters is 4. The molecule has 17 nitrogen and oxygen atoms in total. The Morgan fingerprint density at radius 1 is 0.289 bits per heavy atom. The molecule has 0 aromatic carbocycles. The van der Waals surface area contributed by atoms with E-state index in [0.29, 0.717) is 31.6 Å². The number of ether oxygens (including phenoxy) is 4. The van der Waals surface area contributed by atoms with Crippen LogP contribution in [0.2, 0.25) is 0 Å². The highest BCUT2D eigenvalue weighted by molar-refractivity contribution is 7.47. The quantitative estimate of drug-likeness (QED) is 0.0222. The fourth-order valence-corrected chi connectivity index (χ4v) is 13.4. The van der Waals surface area contributed by atoms with Gasteiger partial charge < -0.3 is 33.8 Å². The summed E-state index contributed by atoms with van der Waals surface area (Å²) in [6.07, 6.45) is 52.9. The summed E-state index contributed by atoms with van der Waals surface area (Å²) in [6, 6.07) is 0. The molecule has 7 atom stereocenters. The first kappa shape index (κ1) is 95.1. The summed E-state index contributed by atoms with van der Waals surface area (Å²) < 4.78 is 68.5. The number of hydrogen-bond acceptors (Lipinski definition) is 15. The van der Waals surface area contributed by atoms with Gasteiger partial charge in [0.15, 0.2) is 12.2 Å². The third kappa shape index (κ3) is 69.5. The first-order valence-corrected chi connectivity index (χ1v) is 43.3. The average molecular weight is 1420 g/mol. The van der Waals surface area contributed by atoms with Gasteiger partial charge in [0.2, 0.25) is 0 Å². The van der Waals surface area contributed by atoms with Gasteiger partial charge in [0, 0.05) is 25.7 Å². The van der Waals surface area contributed by atoms with Gasteiger partial charge in [-0.25, -0.2) is 9.13 Å². The second kappa shape index (κ2) is 67.2. The monoisotopic (exact) mass is 1420 g/mol. The maximum Gasteiger partial charge on any atom is 0.472 e. The normalized spacial score (nSPS) is 14.6. The van der Waals surface area contributed by atoms with Gasteiger partial charge in [-0.3, -0.25) is 37.3 Å². The van der Waals surface area contributed by atoms with Crippen molar-refractivity contribution in [1.82, 2.24) is 0 Å². The van der Waals surface area contributed by atoms with Crippen LogP contribution in [0.15, 0.2) is 0 Å². The lowest BCUT2D eigenvalue weighted by Gasteiger charge is -2.21. The highest BCUT2D eigenvalue weighted by Crippen LogP contribution is 2.45. The number of hydrogen-bond donors (Lipinski definition) is 3. The fourth-order valence-electron chi connectivity index (χ4n) is 11.8. The summed E-state index contributed by atoms with van der Waals surface area (Å²) in [6.45, 7) is 14.2. The van der Waals surface area contributed by atoms with Crippen molar-refractivity contribution in [3.05, 3.63) is 0 Å². The Morgan fingerprint density at radius 2 is 0.495 bits per heavy atom. The summed E-state index contributed by atoms with van der Waals surface area (Å²) in [4.78, 5) is 72.8. The Kier molecular flexibility index (Phi) is 65.9. The van der Waals surface area contributed by atoms with Gasteiger partial charge in [0.05, 0.1) is 26.4 Å². The number of aliphatic hydroxyl groups excluding tert-OH is 1. The first-order chi connectivity index (χ1) is 46.7. The standard InChI is InChI=1S/C78H152O17P2/c1-9-70(7)56-48-40-31-25-21-17-15-13-11-12-14-16-18-22-26-33-42-50-58-75(80)88-64-73(95-78(83)61-53-45-35-29-28-32-41-49-57-71(8)10-2)66-92-96(84,85)90-62-72(79)63-91-97(86,87)93-67-74(65-89-76(81)59-51-43-37-36-39-47-55-69(5)6)94-77(82)60-52-44-34-27-23-19-20-24-30-38-46-54-68(3)4/h68-74,79H,9-67H2,1-8H3,(H,84,85)(H,86,87)/t70?,71?,72-,73-,74-/m1/s1. The van der Waals surface area contributed by atoms with Gasteiger partial charge in [-0.15, -0.1) is 0 Å². The number of unbranched alkanes of at least 4 members (excludes halogenated alkanes) is 39. The van der Waals surface area contributed by atoms with Crippen LogP contribution in [-0.2, 0) is 65.4 Å². The van der Waals surface area contributed by atoms with Crippen LogP contribution in [0.4, 0.5) is 0 Å². The van der Waals surface area contributed by atoms with Gasteiger partial charge in [-0.2, -0.15) is 0 Å². The van der Waals surface area contributed by atoms with Crippen LogP contribution >= 0.6 is 15.6 Å². The number of rotatable bonds is 75. The Bertz CT molecular complexity index is 1910. The van der Waals surface area contributed by atoms with E-state index in [1.807, 2.05) is 0 Å². The van der Waals surface area contributed by atoms with Gasteiger partial charge in [-0.1, -0.05) is 344 Å². The summed E-state index contributed by atoms with van der Waals surface area (Å²) >= 11 is 0. The van der Waals surface area contributed by atoms with E-state index in [1.165, 1.54) is 193 Å². The zero-order valence-electron chi connectivity index (χ0n) is 63.7. The van der Waals surface area contributed by atoms with Crippen LogP contribution in [0.3, 0.4) is 0 Å². The van der Waals surface area contributed by atoms with E-state index in [4.69, 9.17) is 37.0 Å². The molecule has 97 heavy (non-hydrogen) atoms. The lowest BCUT2D eigenvalue weighted by molar-refractivity contribution is -0.161. The minimum atomic E-state index is -4.96. The van der Waals surface area contributed by atoms with Crippen molar-refractivity contribution in [3.63, 3.8) is 0 Å². The van der Waals surface area contributed by atoms with E-state index >= 15 is 0 Å². The number of carbonyl (C=O) groups excluding carboxylic acids is 4. The zero-order chi connectivity index (χ0) is 71.7. The maximum absolute atomic E-state index is 13.1. The third-order valence-electron chi connectivity index (χ3n) is 18.8. The lowest BCUT2D eigenvalue weighted by Crippen LogP contribution is -2.30. The molecule has 0 amide bonds. The molecule has 19 heteroatoms. The molecular weight excluding hydrogens is 1270 g/mol. The summed E-state index contributed by atoms with van der Waals surface area (Å²) in [5.74, 6) is 0.965. The van der Waals surface area contributed by atoms with Gasteiger partial charge in [-0.05, 0) is 49.4 Å². The van der Waals surface area contributed by atoms with Gasteiger partial charge in [0.1, 0.15) is 19.3 Å². The molecule has 0 heterocycles. The molecule has 3 N–H and O–H groups in total. The summed E-state index contributed by atoms with van der Waals surface area (Å²) in [5, 5.41) is 10.6. The molecule has 0 aromatic heterocycles. The number of aliphatic hydroxyl groups is 1. The topological polar surface area (TPSA) is 237 Å². The molecule has 0 aromatic rings. The van der Waals surface area contributed by atoms with Crippen molar-refractivity contribution in [1.29, 1.82) is 0 Å². The SMILES string of the molecule is CCC(C)CCCCCCCCCCCCCCCCCCCCC(=O)OC[C@H](COP(=O)(O)OC[C@@H](O)COP(=O)(O)OC[C@@H](COC(=O)CCCCCCCCC(C)C)OC(=O)CCCCCCCCCCCCCC(C)C)OC(=O)CCCCCCCCCCC(C)CC. The Morgan fingerprint density at radius 3 is 0.732 bits per heavy atom. The van der Waals surface area contributed by atoms with Crippen LogP contribution in [0.5, 0.6) is 0 Å². The molecule has 0 bridgehead atoms. The molecule has 0 saturated carbocycles. The van der Waals surface area contributed by atoms with Crippen LogP contribution in [0.1, 0.15) is 396 Å². The first-order valence-electron chi connectivity index (χ1n) is 40.3. The predicted molar refractivity (Wildman–Crippen MR) is 395 cm³/mol. The van der Waals surface area contributed by atoms with Crippen LogP contribution in [0.25, 0.3) is 0 Å². The fraction of sp³-hybridized carbons (Fsp3) is 0.949. The minimum absolute atomic E-state index is 0.105. The largest absolute Gasteiger partial charge is 0.472 e. The highest BCUT2D eigenvalue weighted by atomic mass is 31.2. The van der Waals surface area contributed by atoms with Crippen LogP contribution < -0.4 is 0 Å². The minimum Gasteiger partial charge on any atom is -0.462 e. The third-order valence-corrected chi connectivity index (χ3v) is 20.7. The van der Waals surface area contributed by atoms with E-state index in [1.54, 1.807) is 0 Å². The van der Waals surface area contributed by atoms with Crippen molar-refractivity contribution >= 4 is 39.5 Å². The molecule has 0 aliphatic carbocycles. The zero-order valence-corrected chi connectivity index (χ0v) is 65.5. The smallest absolute Gasteiger partial charge is 0.462 e. The van der Waals surface area contributed by atoms with E-state index in [2.05, 4.69) is 55.4 Å². The maximum atomic E-state index is 13.1. The average Bonchev–Trinajstić information content (AvgIpc) is 1.96. The van der Waals surface area contributed by atoms with Crippen molar-refractivity contribution in [3.8, 4) is 0 Å².